The molecule has 1 heterocycles. The fourth-order valence-corrected chi connectivity index (χ4v) is 3.09. The van der Waals surface area contributed by atoms with E-state index in [0.717, 1.165) is 18.2 Å². The van der Waals surface area contributed by atoms with Crippen molar-refractivity contribution >= 4 is 63.9 Å². The quantitative estimate of drug-likeness (QED) is 0.148. The van der Waals surface area contributed by atoms with Gasteiger partial charge < -0.3 is 14.8 Å². The van der Waals surface area contributed by atoms with Gasteiger partial charge in [-0.3, -0.25) is 20.2 Å². The molecule has 0 radical (unpaired) electrons. The number of phenols is 1. The Morgan fingerprint density at radius 2 is 1.97 bits per heavy atom. The Balaban J connectivity index is 1.63. The monoisotopic (exact) mass is 477 g/mol. The first kappa shape index (κ1) is 22.3. The van der Waals surface area contributed by atoms with Crippen molar-refractivity contribution in [3.8, 4) is 17.1 Å². The number of furan rings is 1. The molecule has 0 saturated carbocycles. The zero-order chi connectivity index (χ0) is 22.5. The summed E-state index contributed by atoms with van der Waals surface area (Å²) >= 11 is 17.2. The molecule has 0 unspecified atom stereocenters. The molecule has 8 nitrogen and oxygen atoms in total. The van der Waals surface area contributed by atoms with Crippen LogP contribution in [0.4, 0.5) is 11.4 Å². The van der Waals surface area contributed by atoms with Gasteiger partial charge in [0.1, 0.15) is 17.3 Å². The number of nitro benzene ring substituents is 1. The second-order valence-electron chi connectivity index (χ2n) is 6.04. The highest BCUT2D eigenvalue weighted by Gasteiger charge is 2.13. The van der Waals surface area contributed by atoms with E-state index in [9.17, 15) is 20.0 Å². The number of benzene rings is 2. The molecule has 0 aliphatic carbocycles. The maximum absolute atomic E-state index is 12.1. The summed E-state index contributed by atoms with van der Waals surface area (Å²) in [5.74, 6) is 0.0176. The van der Waals surface area contributed by atoms with E-state index in [0.29, 0.717) is 27.1 Å². The van der Waals surface area contributed by atoms with E-state index in [-0.39, 0.29) is 22.2 Å². The minimum Gasteiger partial charge on any atom is -0.506 e. The Hall–Kier alpha value is -3.40. The second kappa shape index (κ2) is 9.61. The molecule has 0 aliphatic heterocycles. The maximum atomic E-state index is 12.1. The van der Waals surface area contributed by atoms with Crippen molar-refractivity contribution in [3.05, 3.63) is 80.5 Å². The molecule has 3 aromatic rings. The number of halogens is 2. The van der Waals surface area contributed by atoms with Gasteiger partial charge in [-0.1, -0.05) is 29.3 Å². The minimum absolute atomic E-state index is 0.0162. The zero-order valence-corrected chi connectivity index (χ0v) is 17.8. The van der Waals surface area contributed by atoms with Crippen molar-refractivity contribution in [1.29, 1.82) is 0 Å². The first-order valence-electron chi connectivity index (χ1n) is 8.56. The second-order valence-corrected chi connectivity index (χ2v) is 7.23. The van der Waals surface area contributed by atoms with Crippen LogP contribution in [0.15, 0.2) is 59.0 Å². The Bertz CT molecular complexity index is 1210. The van der Waals surface area contributed by atoms with Crippen molar-refractivity contribution in [2.45, 2.75) is 0 Å². The fourth-order valence-electron chi connectivity index (χ4n) is 2.48. The van der Waals surface area contributed by atoms with Crippen LogP contribution in [0.5, 0.6) is 5.75 Å². The van der Waals surface area contributed by atoms with E-state index in [2.05, 4.69) is 10.6 Å². The summed E-state index contributed by atoms with van der Waals surface area (Å²) in [6.45, 7) is 0. The van der Waals surface area contributed by atoms with Crippen molar-refractivity contribution in [3.63, 3.8) is 0 Å². The van der Waals surface area contributed by atoms with E-state index in [1.807, 2.05) is 0 Å². The summed E-state index contributed by atoms with van der Waals surface area (Å²) in [5.41, 5.74) is 0.348. The van der Waals surface area contributed by atoms with Gasteiger partial charge in [-0.15, -0.1) is 0 Å². The number of hydrogen-bond donors (Lipinski definition) is 3. The molecule has 0 saturated heterocycles. The normalized spacial score (nSPS) is 10.8. The van der Waals surface area contributed by atoms with E-state index < -0.39 is 10.8 Å². The lowest BCUT2D eigenvalue weighted by molar-refractivity contribution is -0.384. The van der Waals surface area contributed by atoms with Crippen LogP contribution < -0.4 is 10.6 Å². The van der Waals surface area contributed by atoms with E-state index >= 15 is 0 Å². The molecule has 158 valence electrons. The molecule has 2 aromatic carbocycles. The average molecular weight is 478 g/mol. The first-order valence-corrected chi connectivity index (χ1v) is 9.72. The van der Waals surface area contributed by atoms with Gasteiger partial charge >= 0.3 is 0 Å². The van der Waals surface area contributed by atoms with Crippen LogP contribution in [0.25, 0.3) is 17.4 Å². The van der Waals surface area contributed by atoms with Crippen LogP contribution in [-0.2, 0) is 4.79 Å². The predicted octanol–water partition coefficient (Wildman–Crippen LogP) is 5.39. The van der Waals surface area contributed by atoms with Gasteiger partial charge in [0.15, 0.2) is 5.11 Å². The zero-order valence-electron chi connectivity index (χ0n) is 15.5. The number of amides is 1. The molecule has 3 N–H and O–H groups in total. The highest BCUT2D eigenvalue weighted by molar-refractivity contribution is 7.80. The smallest absolute Gasteiger partial charge is 0.271 e. The summed E-state index contributed by atoms with van der Waals surface area (Å²) in [6.07, 6.45) is 2.61. The lowest BCUT2D eigenvalue weighted by atomic mass is 10.2. The van der Waals surface area contributed by atoms with E-state index in [4.69, 9.17) is 39.8 Å². The minimum atomic E-state index is -0.622. The van der Waals surface area contributed by atoms with Gasteiger partial charge in [-0.2, -0.15) is 0 Å². The van der Waals surface area contributed by atoms with Crippen molar-refractivity contribution in [2.75, 3.05) is 5.32 Å². The number of nitrogens with one attached hydrogen (secondary N) is 2. The Kier molecular flexibility index (Phi) is 6.91. The van der Waals surface area contributed by atoms with E-state index in [1.54, 1.807) is 30.3 Å². The fraction of sp³-hybridized carbons (Fsp3) is 0. The van der Waals surface area contributed by atoms with Crippen LogP contribution in [-0.4, -0.2) is 21.0 Å². The molecule has 0 spiro atoms. The standard InChI is InChI=1S/C20H13Cl2N3O5S/c21-14-3-1-2-13(19(14)22)17-8-5-12(30-17)6-9-18(27)24-20(31)23-15-10-11(25(28)29)4-7-16(15)26/h1-10,26H,(H2,23,24,27,31). The maximum Gasteiger partial charge on any atom is 0.271 e. The molecule has 0 bridgehead atoms. The van der Waals surface area contributed by atoms with E-state index in [1.165, 1.54) is 12.2 Å². The van der Waals surface area contributed by atoms with Gasteiger partial charge in [0, 0.05) is 23.8 Å². The van der Waals surface area contributed by atoms with Crippen molar-refractivity contribution in [2.24, 2.45) is 0 Å². The summed E-state index contributed by atoms with van der Waals surface area (Å²) in [7, 11) is 0. The van der Waals surface area contributed by atoms with Gasteiger partial charge in [-0.25, -0.2) is 0 Å². The van der Waals surface area contributed by atoms with Crippen LogP contribution in [0.1, 0.15) is 5.76 Å². The van der Waals surface area contributed by atoms with Gasteiger partial charge in [-0.05, 0) is 48.6 Å². The molecule has 31 heavy (non-hydrogen) atoms. The highest BCUT2D eigenvalue weighted by Crippen LogP contribution is 2.34. The number of anilines is 1. The lowest BCUT2D eigenvalue weighted by Crippen LogP contribution is -2.32. The number of rotatable bonds is 5. The molecule has 11 heteroatoms. The summed E-state index contributed by atoms with van der Waals surface area (Å²) in [5, 5.41) is 26.1. The molecule has 3 rings (SSSR count). The third-order valence-electron chi connectivity index (χ3n) is 3.92. The number of thiocarbonyl (C=S) groups is 1. The summed E-state index contributed by atoms with van der Waals surface area (Å²) in [6, 6.07) is 11.9. The Morgan fingerprint density at radius 3 is 2.71 bits per heavy atom. The third-order valence-corrected chi connectivity index (χ3v) is 4.94. The number of nitrogens with zero attached hydrogens (tertiary/aromatic N) is 1. The number of hydrogen-bond acceptors (Lipinski definition) is 6. The number of aromatic hydroxyl groups is 1. The number of phenolic OH excluding ortho intramolecular Hbond substituents is 1. The SMILES string of the molecule is O=C(C=Cc1ccc(-c2cccc(Cl)c2Cl)o1)NC(=S)Nc1cc([N+](=O)[O-])ccc1O. The number of nitro groups is 1. The van der Waals surface area contributed by atoms with Gasteiger partial charge in [0.2, 0.25) is 5.91 Å². The van der Waals surface area contributed by atoms with Crippen molar-refractivity contribution < 1.29 is 19.2 Å². The number of non-ortho nitro benzene ring substituents is 1. The highest BCUT2D eigenvalue weighted by atomic mass is 35.5. The molecule has 0 fully saturated rings. The molecule has 0 atom stereocenters. The van der Waals surface area contributed by atoms with Crippen LogP contribution in [0, 0.1) is 10.1 Å². The summed E-state index contributed by atoms with van der Waals surface area (Å²) in [4.78, 5) is 22.3. The van der Waals surface area contributed by atoms with Crippen LogP contribution in [0.2, 0.25) is 10.0 Å². The van der Waals surface area contributed by atoms with Gasteiger partial charge in [0.25, 0.3) is 5.69 Å². The lowest BCUT2D eigenvalue weighted by Gasteiger charge is -2.09. The number of carbonyl (C=O) groups is 1. The van der Waals surface area contributed by atoms with Crippen molar-refractivity contribution in [1.82, 2.24) is 5.32 Å². The topological polar surface area (TPSA) is 118 Å². The Labute approximate surface area is 191 Å². The molecular weight excluding hydrogens is 465 g/mol. The van der Waals surface area contributed by atoms with Crippen LogP contribution in [0.3, 0.4) is 0 Å². The Morgan fingerprint density at radius 1 is 1.19 bits per heavy atom. The van der Waals surface area contributed by atoms with Gasteiger partial charge in [0.05, 0.1) is 20.7 Å². The van der Waals surface area contributed by atoms with Crippen LogP contribution >= 0.6 is 35.4 Å². The molecule has 1 aromatic heterocycles. The molecule has 0 aliphatic rings. The first-order chi connectivity index (χ1) is 14.7. The summed E-state index contributed by atoms with van der Waals surface area (Å²) < 4.78 is 5.65. The predicted molar refractivity (Wildman–Crippen MR) is 122 cm³/mol. The average Bonchev–Trinajstić information content (AvgIpc) is 3.18. The third kappa shape index (κ3) is 5.60. The number of carbonyl (C=O) groups excluding carboxylic acids is 1. The molecule has 1 amide bonds. The molecular formula is C20H13Cl2N3O5S. The largest absolute Gasteiger partial charge is 0.506 e.